The van der Waals surface area contributed by atoms with E-state index in [0.717, 1.165) is 13.1 Å². The third-order valence-corrected chi connectivity index (χ3v) is 3.27. The van der Waals surface area contributed by atoms with Gasteiger partial charge in [-0.1, -0.05) is 37.3 Å². The minimum absolute atomic E-state index is 0.949. The van der Waals surface area contributed by atoms with Crippen LogP contribution in [0.25, 0.3) is 10.4 Å². The summed E-state index contributed by atoms with van der Waals surface area (Å²) in [6, 6.07) is 12.9. The summed E-state index contributed by atoms with van der Waals surface area (Å²) in [5, 5.41) is 5.50. The molecule has 0 atom stereocenters. The van der Waals surface area contributed by atoms with Gasteiger partial charge in [-0.15, -0.1) is 11.3 Å². The smallest absolute Gasteiger partial charge is 0.0345 e. The second kappa shape index (κ2) is 5.10. The monoisotopic (exact) mass is 217 g/mol. The first-order chi connectivity index (χ1) is 7.42. The van der Waals surface area contributed by atoms with Gasteiger partial charge in [-0.2, -0.15) is 0 Å². The molecule has 0 aliphatic heterocycles. The van der Waals surface area contributed by atoms with E-state index in [2.05, 4.69) is 54.0 Å². The zero-order valence-electron chi connectivity index (χ0n) is 8.86. The zero-order chi connectivity index (χ0) is 10.5. The number of nitrogens with one attached hydrogen (secondary N) is 1. The van der Waals surface area contributed by atoms with E-state index in [4.69, 9.17) is 0 Å². The van der Waals surface area contributed by atoms with Crippen molar-refractivity contribution in [3.63, 3.8) is 0 Å². The quantitative estimate of drug-likeness (QED) is 0.826. The van der Waals surface area contributed by atoms with Crippen LogP contribution in [0.15, 0.2) is 41.8 Å². The lowest BCUT2D eigenvalue weighted by Gasteiger charge is -2.07. The predicted molar refractivity (Wildman–Crippen MR) is 67.1 cm³/mol. The van der Waals surface area contributed by atoms with Gasteiger partial charge >= 0.3 is 0 Å². The summed E-state index contributed by atoms with van der Waals surface area (Å²) in [5.41, 5.74) is 2.73. The molecule has 0 fully saturated rings. The number of benzene rings is 1. The Morgan fingerprint density at radius 3 is 2.73 bits per heavy atom. The van der Waals surface area contributed by atoms with Gasteiger partial charge in [-0.3, -0.25) is 0 Å². The number of hydrogen-bond acceptors (Lipinski definition) is 2. The average molecular weight is 217 g/mol. The largest absolute Gasteiger partial charge is 0.313 e. The molecule has 1 aromatic carbocycles. The summed E-state index contributed by atoms with van der Waals surface area (Å²) >= 11 is 1.80. The molecule has 2 aromatic rings. The van der Waals surface area contributed by atoms with Crippen molar-refractivity contribution >= 4 is 11.3 Å². The standard InChI is InChI=1S/C13H15NS/c1-2-14-10-11-6-3-4-7-12(11)13-8-5-9-15-13/h3-9,14H,2,10H2,1H3. The van der Waals surface area contributed by atoms with Crippen LogP contribution in [0.3, 0.4) is 0 Å². The van der Waals surface area contributed by atoms with Crippen molar-refractivity contribution in [2.75, 3.05) is 6.54 Å². The first-order valence-corrected chi connectivity index (χ1v) is 6.12. The van der Waals surface area contributed by atoms with E-state index in [1.807, 2.05) is 0 Å². The molecule has 0 aliphatic carbocycles. The van der Waals surface area contributed by atoms with Crippen molar-refractivity contribution in [2.24, 2.45) is 0 Å². The van der Waals surface area contributed by atoms with E-state index in [1.165, 1.54) is 16.0 Å². The first kappa shape index (κ1) is 10.4. The van der Waals surface area contributed by atoms with Crippen LogP contribution in [0.5, 0.6) is 0 Å². The Bertz CT molecular complexity index is 406. The van der Waals surface area contributed by atoms with Gasteiger partial charge in [0.2, 0.25) is 0 Å². The normalized spacial score (nSPS) is 10.5. The van der Waals surface area contributed by atoms with Crippen LogP contribution < -0.4 is 5.32 Å². The molecule has 1 heterocycles. The maximum atomic E-state index is 3.37. The Balaban J connectivity index is 2.30. The number of rotatable bonds is 4. The Morgan fingerprint density at radius 2 is 2.00 bits per heavy atom. The fourth-order valence-electron chi connectivity index (χ4n) is 1.61. The lowest BCUT2D eigenvalue weighted by atomic mass is 10.1. The molecule has 0 amide bonds. The average Bonchev–Trinajstić information content (AvgIpc) is 2.80. The third kappa shape index (κ3) is 2.46. The van der Waals surface area contributed by atoms with Gasteiger partial charge in [-0.05, 0) is 29.1 Å². The van der Waals surface area contributed by atoms with Crippen LogP contribution in [-0.4, -0.2) is 6.54 Å². The number of hydrogen-bond donors (Lipinski definition) is 1. The van der Waals surface area contributed by atoms with E-state index in [1.54, 1.807) is 11.3 Å². The molecule has 0 spiro atoms. The maximum absolute atomic E-state index is 3.37. The minimum atomic E-state index is 0.949. The fourth-order valence-corrected chi connectivity index (χ4v) is 2.39. The molecule has 0 radical (unpaired) electrons. The molecule has 1 nitrogen and oxygen atoms in total. The van der Waals surface area contributed by atoms with Crippen LogP contribution in [0.2, 0.25) is 0 Å². The van der Waals surface area contributed by atoms with Crippen LogP contribution in [-0.2, 0) is 6.54 Å². The molecule has 0 bridgehead atoms. The summed E-state index contributed by atoms with van der Waals surface area (Å²) in [5.74, 6) is 0. The Morgan fingerprint density at radius 1 is 1.13 bits per heavy atom. The topological polar surface area (TPSA) is 12.0 Å². The highest BCUT2D eigenvalue weighted by Gasteiger charge is 2.03. The van der Waals surface area contributed by atoms with Crippen molar-refractivity contribution in [1.82, 2.24) is 5.32 Å². The van der Waals surface area contributed by atoms with Gasteiger partial charge in [0.15, 0.2) is 0 Å². The highest BCUT2D eigenvalue weighted by atomic mass is 32.1. The molecule has 15 heavy (non-hydrogen) atoms. The van der Waals surface area contributed by atoms with E-state index in [-0.39, 0.29) is 0 Å². The Labute approximate surface area is 94.8 Å². The lowest BCUT2D eigenvalue weighted by Crippen LogP contribution is -2.12. The third-order valence-electron chi connectivity index (χ3n) is 2.37. The zero-order valence-corrected chi connectivity index (χ0v) is 9.68. The van der Waals surface area contributed by atoms with Crippen molar-refractivity contribution in [1.29, 1.82) is 0 Å². The lowest BCUT2D eigenvalue weighted by molar-refractivity contribution is 0.728. The van der Waals surface area contributed by atoms with E-state index < -0.39 is 0 Å². The van der Waals surface area contributed by atoms with E-state index in [9.17, 15) is 0 Å². The van der Waals surface area contributed by atoms with Gasteiger partial charge in [-0.25, -0.2) is 0 Å². The predicted octanol–water partition coefficient (Wildman–Crippen LogP) is 3.52. The van der Waals surface area contributed by atoms with Crippen LogP contribution in [0, 0.1) is 0 Å². The maximum Gasteiger partial charge on any atom is 0.0345 e. The van der Waals surface area contributed by atoms with E-state index in [0.29, 0.717) is 0 Å². The van der Waals surface area contributed by atoms with Crippen LogP contribution in [0.4, 0.5) is 0 Å². The second-order valence-electron chi connectivity index (χ2n) is 3.41. The van der Waals surface area contributed by atoms with Crippen LogP contribution in [0.1, 0.15) is 12.5 Å². The van der Waals surface area contributed by atoms with Gasteiger partial charge in [0.1, 0.15) is 0 Å². The molecule has 0 aliphatic rings. The Kier molecular flexibility index (Phi) is 3.54. The molecular weight excluding hydrogens is 202 g/mol. The summed E-state index contributed by atoms with van der Waals surface area (Å²) in [4.78, 5) is 1.35. The van der Waals surface area contributed by atoms with Gasteiger partial charge in [0.25, 0.3) is 0 Å². The molecule has 1 aromatic heterocycles. The summed E-state index contributed by atoms with van der Waals surface area (Å²) in [7, 11) is 0. The minimum Gasteiger partial charge on any atom is -0.313 e. The Hall–Kier alpha value is -1.12. The van der Waals surface area contributed by atoms with Crippen molar-refractivity contribution < 1.29 is 0 Å². The van der Waals surface area contributed by atoms with Crippen molar-refractivity contribution in [3.8, 4) is 10.4 Å². The van der Waals surface area contributed by atoms with Crippen LogP contribution >= 0.6 is 11.3 Å². The highest BCUT2D eigenvalue weighted by Crippen LogP contribution is 2.27. The van der Waals surface area contributed by atoms with E-state index >= 15 is 0 Å². The number of thiophene rings is 1. The summed E-state index contributed by atoms with van der Waals surface area (Å²) in [6.07, 6.45) is 0. The molecule has 0 saturated carbocycles. The molecule has 1 N–H and O–H groups in total. The van der Waals surface area contributed by atoms with Crippen molar-refractivity contribution in [2.45, 2.75) is 13.5 Å². The van der Waals surface area contributed by atoms with Gasteiger partial charge < -0.3 is 5.32 Å². The summed E-state index contributed by atoms with van der Waals surface area (Å²) in [6.45, 7) is 4.09. The molecule has 2 rings (SSSR count). The molecule has 2 heteroatoms. The molecular formula is C13H15NS. The fraction of sp³-hybridized carbons (Fsp3) is 0.231. The molecule has 78 valence electrons. The van der Waals surface area contributed by atoms with Gasteiger partial charge in [0.05, 0.1) is 0 Å². The molecule has 0 saturated heterocycles. The first-order valence-electron chi connectivity index (χ1n) is 5.24. The highest BCUT2D eigenvalue weighted by molar-refractivity contribution is 7.13. The SMILES string of the molecule is CCNCc1ccccc1-c1cccs1. The van der Waals surface area contributed by atoms with Crippen molar-refractivity contribution in [3.05, 3.63) is 47.3 Å². The van der Waals surface area contributed by atoms with Gasteiger partial charge in [0, 0.05) is 11.4 Å². The molecule has 0 unspecified atom stereocenters. The summed E-state index contributed by atoms with van der Waals surface area (Å²) < 4.78 is 0. The second-order valence-corrected chi connectivity index (χ2v) is 4.36.